The van der Waals surface area contributed by atoms with Crippen molar-refractivity contribution in [3.63, 3.8) is 0 Å². The summed E-state index contributed by atoms with van der Waals surface area (Å²) < 4.78 is 20.6. The number of benzene rings is 2. The molecule has 0 bridgehead atoms. The highest BCUT2D eigenvalue weighted by molar-refractivity contribution is 6.32. The van der Waals surface area contributed by atoms with Crippen molar-refractivity contribution < 1.29 is 28.5 Å². The van der Waals surface area contributed by atoms with Gasteiger partial charge in [-0.3, -0.25) is 0 Å². The molecule has 0 aromatic heterocycles. The van der Waals surface area contributed by atoms with E-state index < -0.39 is 11.9 Å². The zero-order chi connectivity index (χ0) is 19.1. The van der Waals surface area contributed by atoms with Crippen LogP contribution in [0, 0.1) is 0 Å². The fourth-order valence-electron chi connectivity index (χ4n) is 2.21. The normalized spacial score (nSPS) is 10.2. The summed E-state index contributed by atoms with van der Waals surface area (Å²) in [6, 6.07) is 9.56. The molecule has 138 valence electrons. The van der Waals surface area contributed by atoms with Crippen molar-refractivity contribution in [2.45, 2.75) is 13.5 Å². The van der Waals surface area contributed by atoms with Crippen molar-refractivity contribution in [1.29, 1.82) is 0 Å². The van der Waals surface area contributed by atoms with Crippen molar-refractivity contribution in [2.24, 2.45) is 0 Å². The van der Waals surface area contributed by atoms with Crippen molar-refractivity contribution >= 4 is 23.5 Å². The Bertz CT molecular complexity index is 785. The molecule has 0 spiro atoms. The van der Waals surface area contributed by atoms with E-state index in [-0.39, 0.29) is 17.2 Å². The van der Waals surface area contributed by atoms with E-state index in [1.54, 1.807) is 24.3 Å². The Morgan fingerprint density at radius 3 is 2.27 bits per heavy atom. The molecular weight excluding hydrogens is 360 g/mol. The van der Waals surface area contributed by atoms with Gasteiger partial charge in [0.2, 0.25) is 0 Å². The van der Waals surface area contributed by atoms with E-state index in [1.165, 1.54) is 26.4 Å². The zero-order valence-corrected chi connectivity index (χ0v) is 15.5. The molecule has 0 saturated heterocycles. The minimum absolute atomic E-state index is 0.0490. The SMILES string of the molecule is CCOc1c(Cl)cc(C(=O)OCc2ccc(C(=O)OC)cc2)cc1OC. The van der Waals surface area contributed by atoms with Gasteiger partial charge in [-0.2, -0.15) is 0 Å². The maximum Gasteiger partial charge on any atom is 0.338 e. The fraction of sp³-hybridized carbons (Fsp3) is 0.263. The second-order valence-corrected chi connectivity index (χ2v) is 5.59. The number of carbonyl (C=O) groups excluding carboxylic acids is 2. The summed E-state index contributed by atoms with van der Waals surface area (Å²) in [4.78, 5) is 23.7. The van der Waals surface area contributed by atoms with Gasteiger partial charge in [0.15, 0.2) is 11.5 Å². The maximum absolute atomic E-state index is 12.3. The van der Waals surface area contributed by atoms with Crippen molar-refractivity contribution in [3.8, 4) is 11.5 Å². The van der Waals surface area contributed by atoms with Gasteiger partial charge < -0.3 is 18.9 Å². The quantitative estimate of drug-likeness (QED) is 0.681. The van der Waals surface area contributed by atoms with Gasteiger partial charge >= 0.3 is 11.9 Å². The van der Waals surface area contributed by atoms with E-state index >= 15 is 0 Å². The largest absolute Gasteiger partial charge is 0.493 e. The highest BCUT2D eigenvalue weighted by atomic mass is 35.5. The van der Waals surface area contributed by atoms with E-state index in [9.17, 15) is 9.59 Å². The molecule has 7 heteroatoms. The molecule has 2 aromatic rings. The van der Waals surface area contributed by atoms with Crippen molar-refractivity contribution in [1.82, 2.24) is 0 Å². The van der Waals surface area contributed by atoms with Crippen LogP contribution in [0.1, 0.15) is 33.2 Å². The molecule has 2 rings (SSSR count). The third-order valence-electron chi connectivity index (χ3n) is 3.50. The second-order valence-electron chi connectivity index (χ2n) is 5.19. The van der Waals surface area contributed by atoms with Gasteiger partial charge in [0, 0.05) is 0 Å². The molecule has 0 saturated carbocycles. The summed E-state index contributed by atoms with van der Waals surface area (Å²) in [5, 5.41) is 0.264. The van der Waals surface area contributed by atoms with Gasteiger partial charge in [0.25, 0.3) is 0 Å². The lowest BCUT2D eigenvalue weighted by Gasteiger charge is -2.13. The van der Waals surface area contributed by atoms with E-state index in [0.717, 1.165) is 5.56 Å². The molecule has 0 aliphatic carbocycles. The lowest BCUT2D eigenvalue weighted by Crippen LogP contribution is -2.07. The van der Waals surface area contributed by atoms with Gasteiger partial charge in [-0.15, -0.1) is 0 Å². The van der Waals surface area contributed by atoms with Crippen LogP contribution < -0.4 is 9.47 Å². The fourth-order valence-corrected chi connectivity index (χ4v) is 2.47. The first kappa shape index (κ1) is 19.6. The summed E-state index contributed by atoms with van der Waals surface area (Å²) in [7, 11) is 2.78. The molecule has 0 radical (unpaired) electrons. The lowest BCUT2D eigenvalue weighted by atomic mass is 10.1. The molecule has 0 fully saturated rings. The monoisotopic (exact) mass is 378 g/mol. The predicted molar refractivity (Wildman–Crippen MR) is 96.1 cm³/mol. The van der Waals surface area contributed by atoms with Crippen LogP contribution in [-0.4, -0.2) is 32.8 Å². The molecule has 6 nitrogen and oxygen atoms in total. The smallest absolute Gasteiger partial charge is 0.338 e. The number of hydrogen-bond donors (Lipinski definition) is 0. The van der Waals surface area contributed by atoms with E-state index in [0.29, 0.717) is 23.7 Å². The maximum atomic E-state index is 12.3. The average Bonchev–Trinajstić information content (AvgIpc) is 2.67. The van der Waals surface area contributed by atoms with Gasteiger partial charge in [-0.05, 0) is 36.8 Å². The van der Waals surface area contributed by atoms with Crippen molar-refractivity contribution in [2.75, 3.05) is 20.8 Å². The number of halogens is 1. The number of carbonyl (C=O) groups is 2. The summed E-state index contributed by atoms with van der Waals surface area (Å²) in [5.74, 6) is -0.240. The third kappa shape index (κ3) is 4.67. The van der Waals surface area contributed by atoms with Crippen LogP contribution >= 0.6 is 11.6 Å². The Labute approximate surface area is 156 Å². The third-order valence-corrected chi connectivity index (χ3v) is 3.78. The van der Waals surface area contributed by atoms with Gasteiger partial charge in [0.05, 0.1) is 37.0 Å². The van der Waals surface area contributed by atoms with Crippen LogP contribution in [0.4, 0.5) is 0 Å². The molecule has 0 amide bonds. The number of rotatable bonds is 7. The minimum Gasteiger partial charge on any atom is -0.493 e. The van der Waals surface area contributed by atoms with Crippen LogP contribution in [0.3, 0.4) is 0 Å². The molecule has 26 heavy (non-hydrogen) atoms. The van der Waals surface area contributed by atoms with Crippen LogP contribution in [-0.2, 0) is 16.1 Å². The predicted octanol–water partition coefficient (Wildman–Crippen LogP) is 3.89. The Morgan fingerprint density at radius 2 is 1.69 bits per heavy atom. The molecule has 0 N–H and O–H groups in total. The topological polar surface area (TPSA) is 71.1 Å². The Morgan fingerprint density at radius 1 is 1.00 bits per heavy atom. The highest BCUT2D eigenvalue weighted by Crippen LogP contribution is 2.36. The van der Waals surface area contributed by atoms with Crippen LogP contribution in [0.2, 0.25) is 5.02 Å². The summed E-state index contributed by atoms with van der Waals surface area (Å²) >= 11 is 6.16. The average molecular weight is 379 g/mol. The molecule has 0 atom stereocenters. The molecular formula is C19H19ClO6. The first-order valence-corrected chi connectivity index (χ1v) is 8.22. The number of esters is 2. The standard InChI is InChI=1S/C19H19ClO6/c1-4-25-17-15(20)9-14(10-16(17)23-2)19(22)26-11-12-5-7-13(8-6-12)18(21)24-3/h5-10H,4,11H2,1-3H3. The first-order chi connectivity index (χ1) is 12.5. The molecule has 0 unspecified atom stereocenters. The van der Waals surface area contributed by atoms with Gasteiger partial charge in [-0.1, -0.05) is 23.7 Å². The second kappa shape index (κ2) is 9.10. The van der Waals surface area contributed by atoms with Crippen molar-refractivity contribution in [3.05, 3.63) is 58.1 Å². The molecule has 0 aliphatic heterocycles. The van der Waals surface area contributed by atoms with E-state index in [1.807, 2.05) is 6.92 Å². The van der Waals surface area contributed by atoms with Crippen LogP contribution in [0.5, 0.6) is 11.5 Å². The van der Waals surface area contributed by atoms with Gasteiger partial charge in [0.1, 0.15) is 6.61 Å². The Balaban J connectivity index is 2.08. The summed E-state index contributed by atoms with van der Waals surface area (Å²) in [5.41, 5.74) is 1.40. The summed E-state index contributed by atoms with van der Waals surface area (Å²) in [6.07, 6.45) is 0. The Hall–Kier alpha value is -2.73. The molecule has 0 aliphatic rings. The van der Waals surface area contributed by atoms with Crippen LogP contribution in [0.15, 0.2) is 36.4 Å². The van der Waals surface area contributed by atoms with Gasteiger partial charge in [-0.25, -0.2) is 9.59 Å². The summed E-state index contributed by atoms with van der Waals surface area (Å²) in [6.45, 7) is 2.29. The number of methoxy groups -OCH3 is 2. The zero-order valence-electron chi connectivity index (χ0n) is 14.7. The number of hydrogen-bond acceptors (Lipinski definition) is 6. The number of ether oxygens (including phenoxy) is 4. The minimum atomic E-state index is -0.551. The lowest BCUT2D eigenvalue weighted by molar-refractivity contribution is 0.0471. The van der Waals surface area contributed by atoms with E-state index in [2.05, 4.69) is 4.74 Å². The van der Waals surface area contributed by atoms with E-state index in [4.69, 9.17) is 25.8 Å². The highest BCUT2D eigenvalue weighted by Gasteiger charge is 2.17. The molecule has 0 heterocycles. The van der Waals surface area contributed by atoms with Crippen LogP contribution in [0.25, 0.3) is 0 Å². The first-order valence-electron chi connectivity index (χ1n) is 7.84. The Kier molecular flexibility index (Phi) is 6.86. The molecule has 2 aromatic carbocycles.